The van der Waals surface area contributed by atoms with Crippen molar-refractivity contribution in [2.75, 3.05) is 18.6 Å². The second-order valence-electron chi connectivity index (χ2n) is 3.93. The van der Waals surface area contributed by atoms with Gasteiger partial charge in [0.25, 0.3) is 0 Å². The van der Waals surface area contributed by atoms with Crippen molar-refractivity contribution in [1.82, 2.24) is 4.72 Å². The molecule has 1 rings (SSSR count). The topological polar surface area (TPSA) is 66.4 Å². The van der Waals surface area contributed by atoms with Gasteiger partial charge in [-0.2, -0.15) is 11.8 Å². The summed E-state index contributed by atoms with van der Waals surface area (Å²) in [6, 6.07) is 6.34. The Morgan fingerprint density at radius 1 is 1.42 bits per heavy atom. The van der Waals surface area contributed by atoms with E-state index in [-0.39, 0.29) is 17.5 Å². The molecule has 0 heterocycles. The first-order valence-electron chi connectivity index (χ1n) is 5.71. The molecule has 2 N–H and O–H groups in total. The van der Waals surface area contributed by atoms with Crippen molar-refractivity contribution >= 4 is 21.8 Å². The van der Waals surface area contributed by atoms with E-state index in [0.717, 1.165) is 0 Å². The number of nitrogens with one attached hydrogen (secondary N) is 1. The third-order valence-electron chi connectivity index (χ3n) is 2.25. The van der Waals surface area contributed by atoms with Gasteiger partial charge in [-0.25, -0.2) is 13.1 Å². The average molecular weight is 299 g/mol. The number of aliphatic hydroxyl groups excluding tert-OH is 1. The molecule has 104 valence electrons. The number of benzene rings is 1. The molecule has 0 aliphatic heterocycles. The fourth-order valence-corrected chi connectivity index (χ4v) is 3.65. The first-order chi connectivity index (χ1) is 9.01. The smallest absolute Gasteiger partial charge is 0.242 e. The zero-order valence-electron chi connectivity index (χ0n) is 10.9. The molecule has 1 aromatic carbocycles. The third kappa shape index (κ3) is 4.88. The number of hydrogen-bond donors (Lipinski definition) is 2. The maximum atomic E-state index is 12.3. The van der Waals surface area contributed by atoms with Crippen LogP contribution in [0.3, 0.4) is 0 Å². The van der Waals surface area contributed by atoms with E-state index in [1.54, 1.807) is 30.0 Å². The normalized spacial score (nSPS) is 12.6. The summed E-state index contributed by atoms with van der Waals surface area (Å²) >= 11 is 1.58. The van der Waals surface area contributed by atoms with Crippen LogP contribution >= 0.6 is 11.8 Å². The average Bonchev–Trinajstić information content (AvgIpc) is 2.36. The fraction of sp³-hybridized carbons (Fsp3) is 0.385. The lowest BCUT2D eigenvalue weighted by atomic mass is 10.2. The highest BCUT2D eigenvalue weighted by Crippen LogP contribution is 2.15. The maximum absolute atomic E-state index is 12.3. The Hall–Kier alpha value is -1.00. The molecule has 0 saturated carbocycles. The van der Waals surface area contributed by atoms with Crippen molar-refractivity contribution in [3.8, 4) is 11.8 Å². The largest absolute Gasteiger partial charge is 0.384 e. The lowest BCUT2D eigenvalue weighted by molar-refractivity contribution is 0.350. The Morgan fingerprint density at radius 3 is 2.74 bits per heavy atom. The van der Waals surface area contributed by atoms with E-state index in [1.165, 1.54) is 6.07 Å². The lowest BCUT2D eigenvalue weighted by Gasteiger charge is -2.13. The standard InChI is InChI=1S/C13H17NO3S2/c1-11(10-18-2)14-19(16,17)13-8-4-3-6-12(13)7-5-9-15/h3-4,6,8,11,14-15H,9-10H2,1-2H3. The molecule has 0 aliphatic carbocycles. The molecule has 0 bridgehead atoms. The molecule has 0 saturated heterocycles. The van der Waals surface area contributed by atoms with Crippen molar-refractivity contribution in [2.24, 2.45) is 0 Å². The van der Waals surface area contributed by atoms with Gasteiger partial charge in [0.15, 0.2) is 0 Å². The second-order valence-corrected chi connectivity index (χ2v) is 6.53. The minimum atomic E-state index is -3.59. The lowest BCUT2D eigenvalue weighted by Crippen LogP contribution is -2.34. The van der Waals surface area contributed by atoms with Crippen LogP contribution in [0.15, 0.2) is 29.2 Å². The predicted octanol–water partition coefficient (Wildman–Crippen LogP) is 1.06. The molecule has 0 aliphatic rings. The van der Waals surface area contributed by atoms with Crippen molar-refractivity contribution < 1.29 is 13.5 Å². The second kappa shape index (κ2) is 7.56. The SMILES string of the molecule is CSCC(C)NS(=O)(=O)c1ccccc1C#CCO. The number of aliphatic hydroxyl groups is 1. The first kappa shape index (κ1) is 16.1. The summed E-state index contributed by atoms with van der Waals surface area (Å²) < 4.78 is 27.1. The molecule has 1 aromatic rings. The van der Waals surface area contributed by atoms with E-state index in [0.29, 0.717) is 11.3 Å². The molecule has 1 atom stereocenters. The van der Waals surface area contributed by atoms with Gasteiger partial charge in [-0.1, -0.05) is 24.0 Å². The minimum absolute atomic E-state index is 0.143. The molecule has 1 unspecified atom stereocenters. The number of sulfonamides is 1. The van der Waals surface area contributed by atoms with E-state index < -0.39 is 10.0 Å². The quantitative estimate of drug-likeness (QED) is 0.798. The first-order valence-corrected chi connectivity index (χ1v) is 8.59. The highest BCUT2D eigenvalue weighted by molar-refractivity contribution is 7.98. The maximum Gasteiger partial charge on any atom is 0.242 e. The van der Waals surface area contributed by atoms with Crippen molar-refractivity contribution in [1.29, 1.82) is 0 Å². The monoisotopic (exact) mass is 299 g/mol. The van der Waals surface area contributed by atoms with Crippen LogP contribution in [0.5, 0.6) is 0 Å². The van der Waals surface area contributed by atoms with Crippen LogP contribution in [-0.2, 0) is 10.0 Å². The van der Waals surface area contributed by atoms with Gasteiger partial charge in [0.1, 0.15) is 6.61 Å². The summed E-state index contributed by atoms with van der Waals surface area (Å²) in [5.74, 6) is 5.81. The summed E-state index contributed by atoms with van der Waals surface area (Å²) in [6.07, 6.45) is 1.92. The van der Waals surface area contributed by atoms with Crippen LogP contribution in [-0.4, -0.2) is 38.2 Å². The van der Waals surface area contributed by atoms with Gasteiger partial charge in [0.05, 0.1) is 4.90 Å². The van der Waals surface area contributed by atoms with Crippen molar-refractivity contribution in [3.63, 3.8) is 0 Å². The molecule has 0 amide bonds. The fourth-order valence-electron chi connectivity index (χ4n) is 1.55. The summed E-state index contributed by atoms with van der Waals surface area (Å²) in [6.45, 7) is 1.51. The Bertz CT molecular complexity index is 573. The zero-order valence-corrected chi connectivity index (χ0v) is 12.5. The van der Waals surface area contributed by atoms with Crippen LogP contribution in [0.4, 0.5) is 0 Å². The molecule has 0 fully saturated rings. The van der Waals surface area contributed by atoms with E-state index in [1.807, 2.05) is 13.2 Å². The van der Waals surface area contributed by atoms with Crippen LogP contribution < -0.4 is 4.72 Å². The minimum Gasteiger partial charge on any atom is -0.384 e. The molecule has 19 heavy (non-hydrogen) atoms. The molecule has 6 heteroatoms. The summed E-state index contributed by atoms with van der Waals surface area (Å²) in [4.78, 5) is 0.143. The van der Waals surface area contributed by atoms with Gasteiger partial charge in [-0.15, -0.1) is 0 Å². The molecule has 4 nitrogen and oxygen atoms in total. The highest BCUT2D eigenvalue weighted by Gasteiger charge is 2.19. The van der Waals surface area contributed by atoms with Gasteiger partial charge in [-0.05, 0) is 25.3 Å². The third-order valence-corrected chi connectivity index (χ3v) is 4.73. The summed E-state index contributed by atoms with van der Waals surface area (Å²) in [5, 5.41) is 8.70. The van der Waals surface area contributed by atoms with Crippen LogP contribution in [0, 0.1) is 11.8 Å². The highest BCUT2D eigenvalue weighted by atomic mass is 32.2. The van der Waals surface area contributed by atoms with E-state index in [9.17, 15) is 8.42 Å². The predicted molar refractivity (Wildman–Crippen MR) is 78.6 cm³/mol. The Morgan fingerprint density at radius 2 is 2.11 bits per heavy atom. The van der Waals surface area contributed by atoms with Gasteiger partial charge in [-0.3, -0.25) is 0 Å². The van der Waals surface area contributed by atoms with Crippen LogP contribution in [0.25, 0.3) is 0 Å². The molecular weight excluding hydrogens is 282 g/mol. The molecular formula is C13H17NO3S2. The van der Waals surface area contributed by atoms with Gasteiger partial charge >= 0.3 is 0 Å². The van der Waals surface area contributed by atoms with Gasteiger partial charge in [0.2, 0.25) is 10.0 Å². The van der Waals surface area contributed by atoms with E-state index in [4.69, 9.17) is 5.11 Å². The molecule has 0 spiro atoms. The Labute approximate surface area is 118 Å². The number of rotatable bonds is 5. The van der Waals surface area contributed by atoms with Crippen LogP contribution in [0.2, 0.25) is 0 Å². The van der Waals surface area contributed by atoms with E-state index in [2.05, 4.69) is 16.6 Å². The Kier molecular flexibility index (Phi) is 6.38. The van der Waals surface area contributed by atoms with Crippen LogP contribution in [0.1, 0.15) is 12.5 Å². The van der Waals surface area contributed by atoms with Gasteiger partial charge < -0.3 is 5.11 Å². The van der Waals surface area contributed by atoms with E-state index >= 15 is 0 Å². The van der Waals surface area contributed by atoms with Crippen molar-refractivity contribution in [2.45, 2.75) is 17.9 Å². The molecule has 0 aromatic heterocycles. The number of hydrogen-bond acceptors (Lipinski definition) is 4. The van der Waals surface area contributed by atoms with Crippen molar-refractivity contribution in [3.05, 3.63) is 29.8 Å². The number of thioether (sulfide) groups is 1. The summed E-state index contributed by atoms with van der Waals surface area (Å²) in [5.41, 5.74) is 0.389. The Balaban J connectivity index is 3.07. The zero-order chi connectivity index (χ0) is 14.3. The van der Waals surface area contributed by atoms with Gasteiger partial charge in [0, 0.05) is 17.4 Å². The summed E-state index contributed by atoms with van der Waals surface area (Å²) in [7, 11) is -3.59. The molecule has 0 radical (unpaired) electrons.